The maximum absolute atomic E-state index is 14.5. The van der Waals surface area contributed by atoms with E-state index in [0.29, 0.717) is 10.7 Å². The van der Waals surface area contributed by atoms with Crippen molar-refractivity contribution in [2.24, 2.45) is 0 Å². The van der Waals surface area contributed by atoms with Crippen molar-refractivity contribution in [3.63, 3.8) is 0 Å². The molecule has 1 aliphatic rings. The van der Waals surface area contributed by atoms with E-state index in [0.717, 1.165) is 47.5 Å². The summed E-state index contributed by atoms with van der Waals surface area (Å²) in [6.45, 7) is -0.358. The molecular formula is C36H38ClN3O4S. The monoisotopic (exact) mass is 643 g/mol. The average Bonchev–Trinajstić information content (AvgIpc) is 3.07. The van der Waals surface area contributed by atoms with Crippen molar-refractivity contribution in [2.75, 3.05) is 10.8 Å². The van der Waals surface area contributed by atoms with Crippen LogP contribution in [0, 0.1) is 0 Å². The summed E-state index contributed by atoms with van der Waals surface area (Å²) in [5.74, 6) is -0.721. The third kappa shape index (κ3) is 8.53. The average molecular weight is 644 g/mol. The number of rotatable bonds is 12. The summed E-state index contributed by atoms with van der Waals surface area (Å²) in [5, 5.41) is 3.63. The molecule has 1 N–H and O–H groups in total. The van der Waals surface area contributed by atoms with Crippen molar-refractivity contribution in [2.45, 2.75) is 62.0 Å². The van der Waals surface area contributed by atoms with E-state index < -0.39 is 28.5 Å². The van der Waals surface area contributed by atoms with E-state index >= 15 is 0 Å². The third-order valence-electron chi connectivity index (χ3n) is 8.14. The lowest BCUT2D eigenvalue weighted by Gasteiger charge is -2.35. The predicted octanol–water partition coefficient (Wildman–Crippen LogP) is 6.62. The first-order valence-corrected chi connectivity index (χ1v) is 17.1. The maximum atomic E-state index is 14.5. The minimum absolute atomic E-state index is 0.00837. The lowest BCUT2D eigenvalue weighted by molar-refractivity contribution is -0.140. The molecule has 4 aromatic carbocycles. The Bertz CT molecular complexity index is 1650. The maximum Gasteiger partial charge on any atom is 0.264 e. The largest absolute Gasteiger partial charge is 0.352 e. The van der Waals surface area contributed by atoms with Crippen LogP contribution in [0.15, 0.2) is 120 Å². The zero-order chi connectivity index (χ0) is 31.6. The second kappa shape index (κ2) is 15.2. The van der Waals surface area contributed by atoms with E-state index in [-0.39, 0.29) is 29.8 Å². The number of para-hydroxylation sites is 1. The molecule has 5 rings (SSSR count). The van der Waals surface area contributed by atoms with E-state index in [4.69, 9.17) is 11.6 Å². The number of carbonyl (C=O) groups excluding carboxylic acids is 2. The second-order valence-electron chi connectivity index (χ2n) is 11.4. The van der Waals surface area contributed by atoms with Gasteiger partial charge in [0.05, 0.1) is 10.6 Å². The molecule has 0 bridgehead atoms. The minimum Gasteiger partial charge on any atom is -0.352 e. The number of hydrogen-bond donors (Lipinski definition) is 1. The van der Waals surface area contributed by atoms with Crippen LogP contribution in [0.3, 0.4) is 0 Å². The van der Waals surface area contributed by atoms with Crippen LogP contribution in [-0.4, -0.2) is 43.8 Å². The van der Waals surface area contributed by atoms with Crippen molar-refractivity contribution >= 4 is 39.1 Å². The van der Waals surface area contributed by atoms with E-state index in [1.165, 1.54) is 29.2 Å². The van der Waals surface area contributed by atoms with Crippen LogP contribution in [0.5, 0.6) is 0 Å². The zero-order valence-electron chi connectivity index (χ0n) is 25.1. The topological polar surface area (TPSA) is 86.8 Å². The molecule has 9 heteroatoms. The van der Waals surface area contributed by atoms with Gasteiger partial charge in [0.2, 0.25) is 11.8 Å². The van der Waals surface area contributed by atoms with Gasteiger partial charge in [-0.25, -0.2) is 8.42 Å². The number of carbonyl (C=O) groups is 2. The SMILES string of the molecule is O=C(NC1CCCCC1)C(Cc1ccccc1)N(Cc1ccccc1)C(=O)CN(c1ccccc1)S(=O)(=O)c1ccc(Cl)cc1. The number of amides is 2. The number of nitrogens with zero attached hydrogens (tertiary/aromatic N) is 2. The van der Waals surface area contributed by atoms with E-state index in [9.17, 15) is 18.0 Å². The molecule has 4 aromatic rings. The molecule has 1 unspecified atom stereocenters. The number of halogens is 1. The fraction of sp³-hybridized carbons (Fsp3) is 0.278. The summed E-state index contributed by atoms with van der Waals surface area (Å²) in [4.78, 5) is 30.2. The summed E-state index contributed by atoms with van der Waals surface area (Å²) >= 11 is 6.05. The lowest BCUT2D eigenvalue weighted by atomic mass is 9.94. The Kier molecular flexibility index (Phi) is 10.9. The summed E-state index contributed by atoms with van der Waals surface area (Å²) < 4.78 is 29.2. The molecule has 2 amide bonds. The van der Waals surface area contributed by atoms with Crippen molar-refractivity contribution in [1.29, 1.82) is 0 Å². The fourth-order valence-corrected chi connectivity index (χ4v) is 7.28. The van der Waals surface area contributed by atoms with Crippen LogP contribution in [-0.2, 0) is 32.6 Å². The highest BCUT2D eigenvalue weighted by molar-refractivity contribution is 7.92. The molecule has 234 valence electrons. The van der Waals surface area contributed by atoms with Crippen LogP contribution >= 0.6 is 11.6 Å². The first-order valence-electron chi connectivity index (χ1n) is 15.3. The Morgan fingerprint density at radius 1 is 0.756 bits per heavy atom. The molecule has 7 nitrogen and oxygen atoms in total. The van der Waals surface area contributed by atoms with Crippen LogP contribution in [0.4, 0.5) is 5.69 Å². The van der Waals surface area contributed by atoms with Gasteiger partial charge in [-0.15, -0.1) is 0 Å². The molecule has 1 atom stereocenters. The molecule has 0 aromatic heterocycles. The molecule has 1 fully saturated rings. The Morgan fingerprint density at radius 3 is 1.91 bits per heavy atom. The van der Waals surface area contributed by atoms with Crippen LogP contribution in [0.25, 0.3) is 0 Å². The van der Waals surface area contributed by atoms with E-state index in [1.807, 2.05) is 60.7 Å². The van der Waals surface area contributed by atoms with Crippen molar-refractivity contribution in [3.8, 4) is 0 Å². The van der Waals surface area contributed by atoms with Gasteiger partial charge in [0.15, 0.2) is 0 Å². The van der Waals surface area contributed by atoms with E-state index in [1.54, 1.807) is 30.3 Å². The Morgan fingerprint density at radius 2 is 1.31 bits per heavy atom. The minimum atomic E-state index is -4.17. The first-order chi connectivity index (χ1) is 21.8. The van der Waals surface area contributed by atoms with Gasteiger partial charge in [-0.2, -0.15) is 0 Å². The molecular weight excluding hydrogens is 606 g/mol. The smallest absolute Gasteiger partial charge is 0.264 e. The normalized spacial score (nSPS) is 14.3. The molecule has 0 heterocycles. The number of nitrogens with one attached hydrogen (secondary N) is 1. The summed E-state index contributed by atoms with van der Waals surface area (Å²) in [5.41, 5.74) is 2.08. The molecule has 0 saturated heterocycles. The Balaban J connectivity index is 1.53. The highest BCUT2D eigenvalue weighted by Gasteiger charge is 2.35. The van der Waals surface area contributed by atoms with Gasteiger partial charge in [-0.3, -0.25) is 13.9 Å². The van der Waals surface area contributed by atoms with Gasteiger partial charge in [-0.1, -0.05) is 110 Å². The number of anilines is 1. The standard InChI is InChI=1S/C36H38ClN3O4S/c37-30-21-23-33(24-22-30)45(43,44)40(32-19-11-4-12-20-32)27-35(41)39(26-29-15-7-2-8-16-29)34(25-28-13-5-1-6-14-28)36(42)38-31-17-9-3-10-18-31/h1-2,4-8,11-16,19-24,31,34H,3,9-10,17-18,25-27H2,(H,38,42). The highest BCUT2D eigenvalue weighted by atomic mass is 35.5. The Labute approximate surface area is 270 Å². The quantitative estimate of drug-likeness (QED) is 0.188. The fourth-order valence-electron chi connectivity index (χ4n) is 5.74. The van der Waals surface area contributed by atoms with Gasteiger partial charge >= 0.3 is 0 Å². The van der Waals surface area contributed by atoms with Crippen molar-refractivity contribution in [3.05, 3.63) is 131 Å². The summed E-state index contributed by atoms with van der Waals surface area (Å²) in [6.07, 6.45) is 5.34. The van der Waals surface area contributed by atoms with Gasteiger partial charge in [0.25, 0.3) is 10.0 Å². The third-order valence-corrected chi connectivity index (χ3v) is 10.2. The van der Waals surface area contributed by atoms with Crippen LogP contribution in [0.1, 0.15) is 43.2 Å². The molecule has 0 radical (unpaired) electrons. The predicted molar refractivity (Wildman–Crippen MR) is 178 cm³/mol. The van der Waals surface area contributed by atoms with Gasteiger partial charge in [0.1, 0.15) is 12.6 Å². The first kappa shape index (κ1) is 32.3. The molecule has 1 saturated carbocycles. The second-order valence-corrected chi connectivity index (χ2v) is 13.7. The van der Waals surface area contributed by atoms with Gasteiger partial charge < -0.3 is 10.2 Å². The lowest BCUT2D eigenvalue weighted by Crippen LogP contribution is -2.55. The number of hydrogen-bond acceptors (Lipinski definition) is 4. The molecule has 0 aliphatic heterocycles. The number of benzene rings is 4. The highest BCUT2D eigenvalue weighted by Crippen LogP contribution is 2.26. The molecule has 0 spiro atoms. The van der Waals surface area contributed by atoms with Crippen LogP contribution in [0.2, 0.25) is 5.02 Å². The van der Waals surface area contributed by atoms with Gasteiger partial charge in [0, 0.05) is 24.0 Å². The molecule has 1 aliphatic carbocycles. The van der Waals surface area contributed by atoms with E-state index in [2.05, 4.69) is 5.32 Å². The van der Waals surface area contributed by atoms with Gasteiger partial charge in [-0.05, 0) is 60.4 Å². The zero-order valence-corrected chi connectivity index (χ0v) is 26.7. The van der Waals surface area contributed by atoms with Crippen molar-refractivity contribution < 1.29 is 18.0 Å². The molecule has 45 heavy (non-hydrogen) atoms. The summed E-state index contributed by atoms with van der Waals surface area (Å²) in [7, 11) is -4.17. The number of sulfonamides is 1. The van der Waals surface area contributed by atoms with Crippen molar-refractivity contribution in [1.82, 2.24) is 10.2 Å². The Hall–Kier alpha value is -4.14. The summed E-state index contributed by atoms with van der Waals surface area (Å²) in [6, 6.07) is 32.6. The van der Waals surface area contributed by atoms with Crippen LogP contribution < -0.4 is 9.62 Å².